The lowest BCUT2D eigenvalue weighted by atomic mass is 10.2. The molecule has 0 aliphatic rings. The summed E-state index contributed by atoms with van der Waals surface area (Å²) in [6.07, 6.45) is -0.672. The van der Waals surface area contributed by atoms with E-state index < -0.39 is 17.7 Å². The van der Waals surface area contributed by atoms with E-state index in [4.69, 9.17) is 0 Å². The number of hydrogen-bond acceptors (Lipinski definition) is 3. The van der Waals surface area contributed by atoms with Gasteiger partial charge in [-0.1, -0.05) is 6.07 Å². The van der Waals surface area contributed by atoms with Crippen LogP contribution in [0.5, 0.6) is 0 Å². The molecule has 1 atom stereocenters. The molecule has 1 unspecified atom stereocenters. The fourth-order valence-electron chi connectivity index (χ4n) is 1.37. The fourth-order valence-corrected chi connectivity index (χ4v) is 1.37. The van der Waals surface area contributed by atoms with E-state index in [1.54, 1.807) is 4.90 Å². The first-order chi connectivity index (χ1) is 7.50. The molecular formula is C11H16F2N2O. The Labute approximate surface area is 93.7 Å². The number of rotatable bonds is 5. The van der Waals surface area contributed by atoms with Crippen LogP contribution in [0, 0.1) is 11.6 Å². The maximum atomic E-state index is 13.2. The Hall–Kier alpha value is -1.20. The molecule has 90 valence electrons. The highest BCUT2D eigenvalue weighted by molar-refractivity contribution is 5.46. The summed E-state index contributed by atoms with van der Waals surface area (Å²) < 4.78 is 26.3. The Balaban J connectivity index is 2.54. The van der Waals surface area contributed by atoms with Crippen LogP contribution in [0.25, 0.3) is 0 Å². The first kappa shape index (κ1) is 12.9. The van der Waals surface area contributed by atoms with Gasteiger partial charge in [-0.25, -0.2) is 8.78 Å². The number of benzene rings is 1. The average Bonchev–Trinajstić information content (AvgIpc) is 2.15. The molecule has 3 nitrogen and oxygen atoms in total. The minimum absolute atomic E-state index is 0.107. The van der Waals surface area contributed by atoms with Crippen molar-refractivity contribution >= 4 is 5.69 Å². The van der Waals surface area contributed by atoms with Crippen LogP contribution in [-0.2, 0) is 0 Å². The van der Waals surface area contributed by atoms with Crippen molar-refractivity contribution in [1.82, 2.24) is 4.90 Å². The Bertz CT molecular complexity index is 325. The lowest BCUT2D eigenvalue weighted by Gasteiger charge is -2.17. The quantitative estimate of drug-likeness (QED) is 0.800. The van der Waals surface area contributed by atoms with Crippen LogP contribution in [0.4, 0.5) is 14.5 Å². The zero-order valence-electron chi connectivity index (χ0n) is 9.37. The van der Waals surface area contributed by atoms with Crippen LogP contribution in [0.2, 0.25) is 0 Å². The van der Waals surface area contributed by atoms with Crippen molar-refractivity contribution in [2.24, 2.45) is 0 Å². The number of halogens is 2. The number of anilines is 1. The fraction of sp³-hybridized carbons (Fsp3) is 0.455. The van der Waals surface area contributed by atoms with Gasteiger partial charge in [-0.2, -0.15) is 0 Å². The van der Waals surface area contributed by atoms with Crippen LogP contribution in [0.1, 0.15) is 0 Å². The Kier molecular flexibility index (Phi) is 4.64. The summed E-state index contributed by atoms with van der Waals surface area (Å²) in [5.74, 6) is -1.31. The zero-order chi connectivity index (χ0) is 12.1. The van der Waals surface area contributed by atoms with E-state index in [2.05, 4.69) is 5.32 Å². The second-order valence-electron chi connectivity index (χ2n) is 3.89. The molecule has 0 spiro atoms. The van der Waals surface area contributed by atoms with Crippen molar-refractivity contribution < 1.29 is 13.9 Å². The molecule has 0 saturated heterocycles. The molecule has 0 fully saturated rings. The van der Waals surface area contributed by atoms with Gasteiger partial charge in [0, 0.05) is 13.1 Å². The summed E-state index contributed by atoms with van der Waals surface area (Å²) in [7, 11) is 3.62. The molecule has 1 aromatic carbocycles. The third-order valence-electron chi connectivity index (χ3n) is 2.05. The predicted molar refractivity (Wildman–Crippen MR) is 59.4 cm³/mol. The highest BCUT2D eigenvalue weighted by atomic mass is 19.1. The summed E-state index contributed by atoms with van der Waals surface area (Å²) in [6.45, 7) is 0.541. The number of aliphatic hydroxyl groups excluding tert-OH is 1. The molecule has 1 aromatic rings. The third kappa shape index (κ3) is 3.75. The first-order valence-electron chi connectivity index (χ1n) is 5.01. The van der Waals surface area contributed by atoms with E-state index in [-0.39, 0.29) is 12.2 Å². The number of likely N-dealkylation sites (N-methyl/N-ethyl adjacent to an activating group) is 1. The minimum atomic E-state index is -0.672. The molecule has 0 saturated carbocycles. The third-order valence-corrected chi connectivity index (χ3v) is 2.05. The normalized spacial score (nSPS) is 12.9. The first-order valence-corrected chi connectivity index (χ1v) is 5.01. The molecule has 16 heavy (non-hydrogen) atoms. The van der Waals surface area contributed by atoms with E-state index in [1.165, 1.54) is 18.2 Å². The number of aliphatic hydroxyl groups is 1. The smallest absolute Gasteiger partial charge is 0.149 e. The summed E-state index contributed by atoms with van der Waals surface area (Å²) in [5.41, 5.74) is -0.194. The lowest BCUT2D eigenvalue weighted by Crippen LogP contribution is -2.31. The van der Waals surface area contributed by atoms with E-state index in [1.807, 2.05) is 14.1 Å². The number of nitrogens with one attached hydrogen (secondary N) is 1. The molecule has 2 N–H and O–H groups in total. The SMILES string of the molecule is CN(C)CC(O)CNc1c(F)cccc1F. The number of hydrogen-bond donors (Lipinski definition) is 2. The van der Waals surface area contributed by atoms with Gasteiger partial charge in [0.2, 0.25) is 0 Å². The highest BCUT2D eigenvalue weighted by Gasteiger charge is 2.10. The standard InChI is InChI=1S/C11H16F2N2O/c1-15(2)7-8(16)6-14-11-9(12)4-3-5-10(11)13/h3-5,8,14,16H,6-7H2,1-2H3. The minimum Gasteiger partial charge on any atom is -0.390 e. The molecule has 0 aliphatic carbocycles. The Morgan fingerprint density at radius 2 is 1.88 bits per heavy atom. The van der Waals surface area contributed by atoms with Gasteiger partial charge in [0.25, 0.3) is 0 Å². The van der Waals surface area contributed by atoms with Crippen LogP contribution in [-0.4, -0.2) is 43.3 Å². The van der Waals surface area contributed by atoms with Crippen LogP contribution >= 0.6 is 0 Å². The highest BCUT2D eigenvalue weighted by Crippen LogP contribution is 2.17. The largest absolute Gasteiger partial charge is 0.390 e. The van der Waals surface area contributed by atoms with Crippen LogP contribution in [0.15, 0.2) is 18.2 Å². The summed E-state index contributed by atoms with van der Waals surface area (Å²) in [4.78, 5) is 1.80. The molecule has 0 aliphatic heterocycles. The zero-order valence-corrected chi connectivity index (χ0v) is 9.37. The van der Waals surface area contributed by atoms with E-state index in [0.717, 1.165) is 0 Å². The van der Waals surface area contributed by atoms with E-state index >= 15 is 0 Å². The van der Waals surface area contributed by atoms with Crippen molar-refractivity contribution in [3.63, 3.8) is 0 Å². The van der Waals surface area contributed by atoms with Crippen molar-refractivity contribution in [2.75, 3.05) is 32.5 Å². The van der Waals surface area contributed by atoms with Crippen molar-refractivity contribution in [3.05, 3.63) is 29.8 Å². The Morgan fingerprint density at radius 1 is 1.31 bits per heavy atom. The van der Waals surface area contributed by atoms with Gasteiger partial charge in [-0.15, -0.1) is 0 Å². The summed E-state index contributed by atoms with van der Waals surface area (Å²) >= 11 is 0. The van der Waals surface area contributed by atoms with Gasteiger partial charge < -0.3 is 15.3 Å². The second-order valence-corrected chi connectivity index (χ2v) is 3.89. The molecule has 0 heterocycles. The van der Waals surface area contributed by atoms with Crippen molar-refractivity contribution in [2.45, 2.75) is 6.10 Å². The van der Waals surface area contributed by atoms with Crippen molar-refractivity contribution in [1.29, 1.82) is 0 Å². The van der Waals surface area contributed by atoms with Crippen molar-refractivity contribution in [3.8, 4) is 0 Å². The van der Waals surface area contributed by atoms with Gasteiger partial charge in [0.05, 0.1) is 6.10 Å². The molecule has 1 rings (SSSR count). The van der Waals surface area contributed by atoms with E-state index in [9.17, 15) is 13.9 Å². The number of para-hydroxylation sites is 1. The van der Waals surface area contributed by atoms with Gasteiger partial charge in [-0.3, -0.25) is 0 Å². The monoisotopic (exact) mass is 230 g/mol. The van der Waals surface area contributed by atoms with Crippen LogP contribution < -0.4 is 5.32 Å². The predicted octanol–water partition coefficient (Wildman–Crippen LogP) is 1.30. The van der Waals surface area contributed by atoms with Gasteiger partial charge in [-0.05, 0) is 26.2 Å². The second kappa shape index (κ2) is 5.77. The van der Waals surface area contributed by atoms with Gasteiger partial charge in [0.15, 0.2) is 0 Å². The molecule has 5 heteroatoms. The topological polar surface area (TPSA) is 35.5 Å². The maximum absolute atomic E-state index is 13.2. The Morgan fingerprint density at radius 3 is 2.38 bits per heavy atom. The molecule has 0 amide bonds. The molecule has 0 aromatic heterocycles. The molecule has 0 radical (unpaired) electrons. The maximum Gasteiger partial charge on any atom is 0.149 e. The summed E-state index contributed by atoms with van der Waals surface area (Å²) in [5, 5.41) is 12.1. The molecule has 0 bridgehead atoms. The molecular weight excluding hydrogens is 214 g/mol. The number of nitrogens with zero attached hydrogens (tertiary/aromatic N) is 1. The lowest BCUT2D eigenvalue weighted by molar-refractivity contribution is 0.148. The van der Waals surface area contributed by atoms with E-state index in [0.29, 0.717) is 6.54 Å². The van der Waals surface area contributed by atoms with Gasteiger partial charge in [0.1, 0.15) is 17.3 Å². The van der Waals surface area contributed by atoms with Crippen LogP contribution in [0.3, 0.4) is 0 Å². The average molecular weight is 230 g/mol. The summed E-state index contributed by atoms with van der Waals surface area (Å²) in [6, 6.07) is 3.64. The van der Waals surface area contributed by atoms with Gasteiger partial charge >= 0.3 is 0 Å².